The van der Waals surface area contributed by atoms with Crippen molar-refractivity contribution in [2.24, 2.45) is 5.10 Å². The number of nitrogens with one attached hydrogen (secondary N) is 1. The molecule has 6 heteroatoms. The fraction of sp³-hybridized carbons (Fsp3) is 0.0714. The summed E-state index contributed by atoms with van der Waals surface area (Å²) in [6.07, 6.45) is -2.84. The highest BCUT2D eigenvalue weighted by Crippen LogP contribution is 2.29. The minimum absolute atomic E-state index is 0.151. The van der Waals surface area contributed by atoms with Crippen molar-refractivity contribution in [3.63, 3.8) is 0 Å². The first-order valence-electron chi connectivity index (χ1n) is 5.70. The molecule has 0 heterocycles. The third-order valence-electron chi connectivity index (χ3n) is 2.51. The molecule has 0 amide bonds. The molecule has 0 fully saturated rings. The number of benzene rings is 2. The second kappa shape index (κ2) is 5.64. The quantitative estimate of drug-likeness (QED) is 0.662. The monoisotopic (exact) mass is 280 g/mol. The van der Waals surface area contributed by atoms with Gasteiger partial charge in [0, 0.05) is 0 Å². The normalized spacial score (nSPS) is 11.8. The van der Waals surface area contributed by atoms with E-state index < -0.39 is 11.7 Å². The average Bonchev–Trinajstić information content (AvgIpc) is 2.41. The minimum atomic E-state index is -4.34. The van der Waals surface area contributed by atoms with Crippen molar-refractivity contribution < 1.29 is 18.3 Å². The van der Waals surface area contributed by atoms with E-state index in [1.807, 2.05) is 0 Å². The Labute approximate surface area is 113 Å². The van der Waals surface area contributed by atoms with Gasteiger partial charge in [-0.15, -0.1) is 0 Å². The SMILES string of the molecule is Oc1ccc(C=NNc2ccc(C(F)(F)F)cc2)cc1. The molecule has 0 radical (unpaired) electrons. The van der Waals surface area contributed by atoms with E-state index in [0.29, 0.717) is 5.69 Å². The maximum absolute atomic E-state index is 12.4. The molecule has 0 saturated heterocycles. The molecule has 0 aliphatic carbocycles. The summed E-state index contributed by atoms with van der Waals surface area (Å²) < 4.78 is 37.1. The van der Waals surface area contributed by atoms with Crippen molar-refractivity contribution in [1.29, 1.82) is 0 Å². The molecule has 3 nitrogen and oxygen atoms in total. The standard InChI is InChI=1S/C14H11F3N2O/c15-14(16,17)11-3-5-12(6-4-11)19-18-9-10-1-7-13(20)8-2-10/h1-9,19-20H. The van der Waals surface area contributed by atoms with Crippen LogP contribution in [-0.2, 0) is 6.18 Å². The molecule has 2 N–H and O–H groups in total. The molecule has 0 atom stereocenters. The molecule has 2 aromatic carbocycles. The van der Waals surface area contributed by atoms with Gasteiger partial charge in [0.2, 0.25) is 0 Å². The molecule has 0 unspecified atom stereocenters. The molecule has 2 rings (SSSR count). The summed E-state index contributed by atoms with van der Waals surface area (Å²) in [5.74, 6) is 0.151. The molecule has 2 aromatic rings. The number of hydrazone groups is 1. The van der Waals surface area contributed by atoms with Crippen LogP contribution in [0.2, 0.25) is 0 Å². The lowest BCUT2D eigenvalue weighted by Crippen LogP contribution is -2.04. The van der Waals surface area contributed by atoms with E-state index in [9.17, 15) is 13.2 Å². The third-order valence-corrected chi connectivity index (χ3v) is 2.51. The maximum Gasteiger partial charge on any atom is 0.416 e. The van der Waals surface area contributed by atoms with Crippen molar-refractivity contribution in [2.75, 3.05) is 5.43 Å². The summed E-state index contributed by atoms with van der Waals surface area (Å²) in [6, 6.07) is 10.9. The Hall–Kier alpha value is -2.50. The van der Waals surface area contributed by atoms with Crippen molar-refractivity contribution >= 4 is 11.9 Å². The molecule has 0 aliphatic heterocycles. The number of alkyl halides is 3. The summed E-state index contributed by atoms with van der Waals surface area (Å²) in [5.41, 5.74) is 3.13. The van der Waals surface area contributed by atoms with Crippen LogP contribution in [0.5, 0.6) is 5.75 Å². The minimum Gasteiger partial charge on any atom is -0.508 e. The van der Waals surface area contributed by atoms with Crippen molar-refractivity contribution in [3.8, 4) is 5.75 Å². The van der Waals surface area contributed by atoms with Crippen LogP contribution < -0.4 is 5.43 Å². The number of hydrogen-bond donors (Lipinski definition) is 2. The number of phenols is 1. The smallest absolute Gasteiger partial charge is 0.416 e. The van der Waals surface area contributed by atoms with E-state index in [4.69, 9.17) is 5.11 Å². The maximum atomic E-state index is 12.4. The summed E-state index contributed by atoms with van der Waals surface area (Å²) in [4.78, 5) is 0. The van der Waals surface area contributed by atoms with Crippen LogP contribution in [0.4, 0.5) is 18.9 Å². The molecule has 104 valence electrons. The van der Waals surface area contributed by atoms with Crippen molar-refractivity contribution in [3.05, 3.63) is 59.7 Å². The number of aromatic hydroxyl groups is 1. The van der Waals surface area contributed by atoms with Crippen LogP contribution in [0.25, 0.3) is 0 Å². The Morgan fingerprint density at radius 2 is 1.55 bits per heavy atom. The van der Waals surface area contributed by atoms with Crippen molar-refractivity contribution in [1.82, 2.24) is 0 Å². The van der Waals surface area contributed by atoms with Gasteiger partial charge in [-0.05, 0) is 54.1 Å². The van der Waals surface area contributed by atoms with Gasteiger partial charge in [0.05, 0.1) is 17.5 Å². The van der Waals surface area contributed by atoms with Gasteiger partial charge in [-0.2, -0.15) is 18.3 Å². The zero-order chi connectivity index (χ0) is 14.6. The highest BCUT2D eigenvalue weighted by atomic mass is 19.4. The summed E-state index contributed by atoms with van der Waals surface area (Å²) in [7, 11) is 0. The van der Waals surface area contributed by atoms with E-state index in [0.717, 1.165) is 17.7 Å². The highest BCUT2D eigenvalue weighted by Gasteiger charge is 2.29. The first-order valence-corrected chi connectivity index (χ1v) is 5.70. The van der Waals surface area contributed by atoms with Gasteiger partial charge in [-0.3, -0.25) is 5.43 Å². The summed E-state index contributed by atoms with van der Waals surface area (Å²) in [6.45, 7) is 0. The van der Waals surface area contributed by atoms with Crippen LogP contribution in [0.1, 0.15) is 11.1 Å². The zero-order valence-electron chi connectivity index (χ0n) is 10.2. The number of nitrogens with zero attached hydrogens (tertiary/aromatic N) is 1. The molecule has 0 aliphatic rings. The molecule has 20 heavy (non-hydrogen) atoms. The molecule has 0 saturated carbocycles. The second-order valence-electron chi connectivity index (χ2n) is 4.04. The topological polar surface area (TPSA) is 44.6 Å². The van der Waals surface area contributed by atoms with Crippen LogP contribution in [0.3, 0.4) is 0 Å². The Bertz CT molecular complexity index is 589. The zero-order valence-corrected chi connectivity index (χ0v) is 10.2. The Balaban J connectivity index is 1.99. The molecule has 0 aromatic heterocycles. The van der Waals surface area contributed by atoms with E-state index in [-0.39, 0.29) is 5.75 Å². The third kappa shape index (κ3) is 3.74. The first-order chi connectivity index (χ1) is 9.45. The predicted molar refractivity (Wildman–Crippen MR) is 70.8 cm³/mol. The molecule has 0 spiro atoms. The largest absolute Gasteiger partial charge is 0.508 e. The van der Waals surface area contributed by atoms with E-state index in [1.54, 1.807) is 12.1 Å². The lowest BCUT2D eigenvalue weighted by molar-refractivity contribution is -0.137. The van der Waals surface area contributed by atoms with E-state index in [1.165, 1.54) is 30.5 Å². The van der Waals surface area contributed by atoms with Crippen LogP contribution in [-0.4, -0.2) is 11.3 Å². The molecular weight excluding hydrogens is 269 g/mol. The lowest BCUT2D eigenvalue weighted by Gasteiger charge is -2.07. The van der Waals surface area contributed by atoms with Gasteiger partial charge in [-0.1, -0.05) is 0 Å². The van der Waals surface area contributed by atoms with Crippen LogP contribution >= 0.6 is 0 Å². The van der Waals surface area contributed by atoms with E-state index >= 15 is 0 Å². The number of anilines is 1. The van der Waals surface area contributed by atoms with E-state index in [2.05, 4.69) is 10.5 Å². The fourth-order valence-electron chi connectivity index (χ4n) is 1.48. The average molecular weight is 280 g/mol. The van der Waals surface area contributed by atoms with Gasteiger partial charge >= 0.3 is 6.18 Å². The Morgan fingerprint density at radius 1 is 0.950 bits per heavy atom. The van der Waals surface area contributed by atoms with Crippen molar-refractivity contribution in [2.45, 2.75) is 6.18 Å². The van der Waals surface area contributed by atoms with Gasteiger partial charge in [-0.25, -0.2) is 0 Å². The second-order valence-corrected chi connectivity index (χ2v) is 4.04. The van der Waals surface area contributed by atoms with Gasteiger partial charge in [0.15, 0.2) is 0 Å². The summed E-state index contributed by atoms with van der Waals surface area (Å²) >= 11 is 0. The fourth-order valence-corrected chi connectivity index (χ4v) is 1.48. The Morgan fingerprint density at radius 3 is 2.10 bits per heavy atom. The van der Waals surface area contributed by atoms with Gasteiger partial charge in [0.25, 0.3) is 0 Å². The lowest BCUT2D eigenvalue weighted by atomic mass is 10.2. The number of rotatable bonds is 3. The first kappa shape index (κ1) is 13.9. The van der Waals surface area contributed by atoms with Crippen LogP contribution in [0.15, 0.2) is 53.6 Å². The highest BCUT2D eigenvalue weighted by molar-refractivity contribution is 5.80. The molecular formula is C14H11F3N2O. The number of phenolic OH excluding ortho intramolecular Hbond substituents is 1. The predicted octanol–water partition coefficient (Wildman–Crippen LogP) is 3.86. The number of hydrogen-bond acceptors (Lipinski definition) is 3. The van der Waals surface area contributed by atoms with Gasteiger partial charge < -0.3 is 5.11 Å². The number of halogens is 3. The van der Waals surface area contributed by atoms with Crippen LogP contribution in [0, 0.1) is 0 Å². The Kier molecular flexibility index (Phi) is 3.93. The molecule has 0 bridgehead atoms. The van der Waals surface area contributed by atoms with Gasteiger partial charge in [0.1, 0.15) is 5.75 Å². The summed E-state index contributed by atoms with van der Waals surface area (Å²) in [5, 5.41) is 13.0.